The number of hydrogen-bond donors (Lipinski definition) is 0. The number of allylic oxidation sites excluding steroid dienone is 1. The zero-order valence-corrected chi connectivity index (χ0v) is 12.4. The zero-order valence-electron chi connectivity index (χ0n) is 11.4. The zero-order chi connectivity index (χ0) is 12.4. The maximum Gasteiger partial charge on any atom is 0.341 e. The van der Waals surface area contributed by atoms with Gasteiger partial charge in [-0.15, -0.1) is 6.58 Å². The average Bonchev–Trinajstić information content (AvgIpc) is 2.33. The van der Waals surface area contributed by atoms with Gasteiger partial charge < -0.3 is 8.85 Å². The van der Waals surface area contributed by atoms with Crippen LogP contribution >= 0.6 is 0 Å². The summed E-state index contributed by atoms with van der Waals surface area (Å²) >= 11 is 0. The van der Waals surface area contributed by atoms with E-state index in [2.05, 4.69) is 20.0 Å². The lowest BCUT2D eigenvalue weighted by molar-refractivity contribution is 0.239. The van der Waals surface area contributed by atoms with E-state index in [-0.39, 0.29) is 0 Å². The maximum absolute atomic E-state index is 5.56. The highest BCUT2D eigenvalue weighted by Gasteiger charge is 2.36. The monoisotopic (exact) mass is 244 g/mol. The molecule has 0 radical (unpaired) electrons. The van der Waals surface area contributed by atoms with Gasteiger partial charge >= 0.3 is 8.56 Å². The molecule has 0 saturated heterocycles. The van der Waals surface area contributed by atoms with E-state index in [1.54, 1.807) is 14.2 Å². The van der Waals surface area contributed by atoms with Crippen LogP contribution in [-0.2, 0) is 8.85 Å². The predicted molar refractivity (Wildman–Crippen MR) is 73.0 cm³/mol. The van der Waals surface area contributed by atoms with Crippen LogP contribution in [0.4, 0.5) is 0 Å². The van der Waals surface area contributed by atoms with Crippen molar-refractivity contribution in [2.24, 2.45) is 0 Å². The molecule has 0 amide bonds. The molecule has 0 fully saturated rings. The van der Waals surface area contributed by atoms with Crippen molar-refractivity contribution in [2.75, 3.05) is 14.2 Å². The Kier molecular flexibility index (Phi) is 8.90. The molecule has 0 bridgehead atoms. The Morgan fingerprint density at radius 3 is 2.12 bits per heavy atom. The summed E-state index contributed by atoms with van der Waals surface area (Å²) in [4.78, 5) is 0. The topological polar surface area (TPSA) is 18.5 Å². The van der Waals surface area contributed by atoms with E-state index in [9.17, 15) is 0 Å². The predicted octanol–water partition coefficient (Wildman–Crippen LogP) is 4.27. The van der Waals surface area contributed by atoms with Crippen molar-refractivity contribution in [1.82, 2.24) is 0 Å². The molecular weight excluding hydrogens is 216 g/mol. The fourth-order valence-corrected chi connectivity index (χ4v) is 3.88. The third kappa shape index (κ3) is 5.28. The van der Waals surface area contributed by atoms with Gasteiger partial charge in [0.25, 0.3) is 0 Å². The van der Waals surface area contributed by atoms with E-state index in [4.69, 9.17) is 8.85 Å². The highest BCUT2D eigenvalue weighted by molar-refractivity contribution is 6.68. The molecule has 2 nitrogen and oxygen atoms in total. The van der Waals surface area contributed by atoms with Crippen LogP contribution in [0.15, 0.2) is 12.7 Å². The van der Waals surface area contributed by atoms with Crippen molar-refractivity contribution >= 4 is 8.56 Å². The molecule has 1 unspecified atom stereocenters. The van der Waals surface area contributed by atoms with Crippen LogP contribution in [0.2, 0.25) is 12.1 Å². The van der Waals surface area contributed by atoms with Crippen LogP contribution in [0.5, 0.6) is 0 Å². The van der Waals surface area contributed by atoms with Crippen molar-refractivity contribution in [3.63, 3.8) is 0 Å². The highest BCUT2D eigenvalue weighted by Crippen LogP contribution is 2.29. The molecule has 0 spiro atoms. The molecule has 0 aliphatic rings. The second-order valence-corrected chi connectivity index (χ2v) is 8.06. The minimum absolute atomic E-state index is 0.407. The second kappa shape index (κ2) is 8.96. The first kappa shape index (κ1) is 15.9. The van der Waals surface area contributed by atoms with Crippen LogP contribution in [0.1, 0.15) is 45.4 Å². The summed E-state index contributed by atoms with van der Waals surface area (Å²) in [7, 11) is 1.49. The van der Waals surface area contributed by atoms with Crippen molar-refractivity contribution in [1.29, 1.82) is 0 Å². The molecule has 0 aromatic carbocycles. The van der Waals surface area contributed by atoms with Crippen molar-refractivity contribution in [2.45, 2.75) is 57.5 Å². The van der Waals surface area contributed by atoms with Crippen molar-refractivity contribution < 1.29 is 8.85 Å². The summed E-state index contributed by atoms with van der Waals surface area (Å²) in [6.07, 6.45) is 9.73. The molecule has 0 aliphatic heterocycles. The number of hydrogen-bond acceptors (Lipinski definition) is 2. The van der Waals surface area contributed by atoms with E-state index in [0.29, 0.717) is 5.54 Å². The van der Waals surface area contributed by atoms with Gasteiger partial charge in [-0.1, -0.05) is 45.1 Å². The summed E-state index contributed by atoms with van der Waals surface area (Å²) in [5, 5.41) is 0. The SMILES string of the molecule is C=CC(CCCCCCC)[Si](C)(OC)OC. The summed E-state index contributed by atoms with van der Waals surface area (Å²) in [6.45, 7) is 8.27. The molecule has 1 atom stereocenters. The molecule has 0 heterocycles. The molecule has 96 valence electrons. The molecule has 3 heteroatoms. The third-order valence-corrected chi connectivity index (χ3v) is 6.88. The fraction of sp³-hybridized carbons (Fsp3) is 0.846. The first-order valence-corrected chi connectivity index (χ1v) is 8.76. The quantitative estimate of drug-likeness (QED) is 0.325. The van der Waals surface area contributed by atoms with Crippen LogP contribution in [0.3, 0.4) is 0 Å². The van der Waals surface area contributed by atoms with Crippen molar-refractivity contribution in [3.8, 4) is 0 Å². The molecule has 0 aromatic heterocycles. The van der Waals surface area contributed by atoms with Gasteiger partial charge in [-0.05, 0) is 13.0 Å². The van der Waals surface area contributed by atoms with Gasteiger partial charge in [0.1, 0.15) is 0 Å². The van der Waals surface area contributed by atoms with E-state index >= 15 is 0 Å². The normalized spacial score (nSPS) is 13.8. The summed E-state index contributed by atoms with van der Waals surface area (Å²) in [6, 6.07) is 0. The fourth-order valence-electron chi connectivity index (χ4n) is 1.95. The summed E-state index contributed by atoms with van der Waals surface area (Å²) in [5.41, 5.74) is 0.407. The number of rotatable bonds is 10. The van der Waals surface area contributed by atoms with Gasteiger partial charge in [-0.3, -0.25) is 0 Å². The van der Waals surface area contributed by atoms with E-state index in [1.165, 1.54) is 32.1 Å². The van der Waals surface area contributed by atoms with Gasteiger partial charge in [-0.25, -0.2) is 0 Å². The standard InChI is InChI=1S/C13H28O2Si/c1-6-8-9-10-11-12-13(7-2)16(5,14-3)15-4/h7,13H,2,6,8-12H2,1,3-5H3. The Labute approximate surface area is 102 Å². The molecule has 0 aliphatic carbocycles. The smallest absolute Gasteiger partial charge is 0.341 e. The van der Waals surface area contributed by atoms with E-state index in [1.807, 2.05) is 6.08 Å². The Balaban J connectivity index is 3.95. The Morgan fingerprint density at radius 1 is 1.12 bits per heavy atom. The van der Waals surface area contributed by atoms with Gasteiger partial charge in [0.2, 0.25) is 0 Å². The second-order valence-electron chi connectivity index (χ2n) is 4.47. The molecule has 16 heavy (non-hydrogen) atoms. The summed E-state index contributed by atoms with van der Waals surface area (Å²) < 4.78 is 11.1. The lowest BCUT2D eigenvalue weighted by Gasteiger charge is -2.29. The lowest BCUT2D eigenvalue weighted by Crippen LogP contribution is -2.41. The number of unbranched alkanes of at least 4 members (excludes halogenated alkanes) is 4. The van der Waals surface area contributed by atoms with E-state index in [0.717, 1.165) is 6.42 Å². The summed E-state index contributed by atoms with van der Waals surface area (Å²) in [5.74, 6) is 0. The minimum atomic E-state index is -2.01. The van der Waals surface area contributed by atoms with Crippen LogP contribution in [-0.4, -0.2) is 22.8 Å². The Morgan fingerprint density at radius 2 is 1.69 bits per heavy atom. The van der Waals surface area contributed by atoms with Crippen LogP contribution < -0.4 is 0 Å². The molecule has 0 aromatic rings. The average molecular weight is 244 g/mol. The maximum atomic E-state index is 5.56. The largest absolute Gasteiger partial charge is 0.397 e. The van der Waals surface area contributed by atoms with Crippen LogP contribution in [0.25, 0.3) is 0 Å². The first-order valence-electron chi connectivity index (χ1n) is 6.37. The minimum Gasteiger partial charge on any atom is -0.397 e. The molecular formula is C13H28O2Si. The highest BCUT2D eigenvalue weighted by atomic mass is 28.4. The third-order valence-electron chi connectivity index (χ3n) is 3.39. The molecule has 0 saturated carbocycles. The van der Waals surface area contributed by atoms with Gasteiger partial charge in [0.15, 0.2) is 0 Å². The van der Waals surface area contributed by atoms with E-state index < -0.39 is 8.56 Å². The molecule has 0 N–H and O–H groups in total. The first-order chi connectivity index (χ1) is 7.64. The lowest BCUT2D eigenvalue weighted by atomic mass is 10.1. The molecule has 0 rings (SSSR count). The van der Waals surface area contributed by atoms with Gasteiger partial charge in [0, 0.05) is 19.8 Å². The van der Waals surface area contributed by atoms with Gasteiger partial charge in [0.05, 0.1) is 0 Å². The van der Waals surface area contributed by atoms with Gasteiger partial charge in [-0.2, -0.15) is 0 Å². The van der Waals surface area contributed by atoms with Crippen LogP contribution in [0, 0.1) is 0 Å². The van der Waals surface area contributed by atoms with Crippen molar-refractivity contribution in [3.05, 3.63) is 12.7 Å². The Bertz CT molecular complexity index is 179. The Hall–Kier alpha value is -0.123.